The van der Waals surface area contributed by atoms with Gasteiger partial charge in [0.05, 0.1) is 12.5 Å². The van der Waals surface area contributed by atoms with Crippen LogP contribution in [0.15, 0.2) is 41.4 Å². The summed E-state index contributed by atoms with van der Waals surface area (Å²) in [5, 5.41) is 3.80. The highest BCUT2D eigenvalue weighted by Crippen LogP contribution is 2.22. The van der Waals surface area contributed by atoms with Crippen LogP contribution in [0.5, 0.6) is 0 Å². The largest absolute Gasteiger partial charge is 0.364 e. The molecule has 23 heavy (non-hydrogen) atoms. The van der Waals surface area contributed by atoms with Gasteiger partial charge in [0.2, 0.25) is 11.8 Å². The molecule has 1 atom stereocenters. The van der Waals surface area contributed by atoms with Crippen molar-refractivity contribution in [2.24, 2.45) is 5.92 Å². The standard InChI is InChI=1S/C16H18N4O3/c1-19(11-14-4-6-23-18-14)16(22)13-7-15(21)20(10-13)9-12-3-2-5-17-8-12/h2-6,8,13H,7,9-11H2,1H3/t13-/m1/s1. The van der Waals surface area contributed by atoms with Crippen molar-refractivity contribution in [3.05, 3.63) is 48.1 Å². The normalized spacial score (nSPS) is 17.5. The molecular formula is C16H18N4O3. The molecule has 0 aliphatic carbocycles. The lowest BCUT2D eigenvalue weighted by molar-refractivity contribution is -0.135. The van der Waals surface area contributed by atoms with Crippen molar-refractivity contribution in [1.82, 2.24) is 19.9 Å². The second kappa shape index (κ2) is 6.60. The van der Waals surface area contributed by atoms with Crippen LogP contribution < -0.4 is 0 Å². The molecule has 3 heterocycles. The molecule has 2 amide bonds. The maximum atomic E-state index is 12.5. The lowest BCUT2D eigenvalue weighted by Gasteiger charge is -2.20. The first-order valence-corrected chi connectivity index (χ1v) is 7.44. The summed E-state index contributed by atoms with van der Waals surface area (Å²) in [5.74, 6) is -0.354. The Morgan fingerprint density at radius 1 is 1.48 bits per heavy atom. The number of pyridine rings is 1. The second-order valence-electron chi connectivity index (χ2n) is 5.72. The fourth-order valence-corrected chi connectivity index (χ4v) is 2.75. The molecule has 2 aromatic rings. The lowest BCUT2D eigenvalue weighted by Crippen LogP contribution is -2.34. The third-order valence-corrected chi connectivity index (χ3v) is 3.93. The molecule has 0 N–H and O–H groups in total. The quantitative estimate of drug-likeness (QED) is 0.825. The maximum absolute atomic E-state index is 12.5. The van der Waals surface area contributed by atoms with Crippen molar-refractivity contribution in [2.75, 3.05) is 13.6 Å². The van der Waals surface area contributed by atoms with Crippen LogP contribution in [0.4, 0.5) is 0 Å². The van der Waals surface area contributed by atoms with E-state index in [0.717, 1.165) is 5.56 Å². The van der Waals surface area contributed by atoms with E-state index in [1.165, 1.54) is 6.26 Å². The third kappa shape index (κ3) is 3.56. The Morgan fingerprint density at radius 3 is 3.04 bits per heavy atom. The number of rotatable bonds is 5. The number of carbonyl (C=O) groups excluding carboxylic acids is 2. The van der Waals surface area contributed by atoms with Crippen molar-refractivity contribution < 1.29 is 14.1 Å². The van der Waals surface area contributed by atoms with E-state index in [-0.39, 0.29) is 24.2 Å². The van der Waals surface area contributed by atoms with Gasteiger partial charge >= 0.3 is 0 Å². The van der Waals surface area contributed by atoms with Gasteiger partial charge in [0, 0.05) is 45.0 Å². The van der Waals surface area contributed by atoms with Gasteiger partial charge in [0.1, 0.15) is 12.0 Å². The first-order valence-electron chi connectivity index (χ1n) is 7.44. The fourth-order valence-electron chi connectivity index (χ4n) is 2.75. The van der Waals surface area contributed by atoms with E-state index in [9.17, 15) is 9.59 Å². The minimum atomic E-state index is -0.309. The Kier molecular flexibility index (Phi) is 4.36. The molecule has 0 spiro atoms. The molecule has 7 nitrogen and oxygen atoms in total. The number of nitrogens with zero attached hydrogens (tertiary/aromatic N) is 4. The highest BCUT2D eigenvalue weighted by molar-refractivity contribution is 5.89. The first-order chi connectivity index (χ1) is 11.1. The number of amides is 2. The average molecular weight is 314 g/mol. The highest BCUT2D eigenvalue weighted by Gasteiger charge is 2.35. The van der Waals surface area contributed by atoms with Gasteiger partial charge in [-0.1, -0.05) is 11.2 Å². The van der Waals surface area contributed by atoms with Crippen molar-refractivity contribution in [1.29, 1.82) is 0 Å². The minimum absolute atomic E-state index is 0.00189. The van der Waals surface area contributed by atoms with Crippen molar-refractivity contribution in [3.8, 4) is 0 Å². The van der Waals surface area contributed by atoms with Gasteiger partial charge in [-0.25, -0.2) is 0 Å². The number of hydrogen-bond acceptors (Lipinski definition) is 5. The van der Waals surface area contributed by atoms with Crippen LogP contribution in [0.2, 0.25) is 0 Å². The van der Waals surface area contributed by atoms with Crippen LogP contribution >= 0.6 is 0 Å². The third-order valence-electron chi connectivity index (χ3n) is 3.93. The molecule has 0 saturated carbocycles. The summed E-state index contributed by atoms with van der Waals surface area (Å²) in [6.07, 6.45) is 5.16. The van der Waals surface area contributed by atoms with Crippen molar-refractivity contribution in [2.45, 2.75) is 19.5 Å². The molecule has 0 bridgehead atoms. The molecule has 1 saturated heterocycles. The number of likely N-dealkylation sites (tertiary alicyclic amines) is 1. The average Bonchev–Trinajstić information content (AvgIpc) is 3.18. The summed E-state index contributed by atoms with van der Waals surface area (Å²) in [4.78, 5) is 32.0. The van der Waals surface area contributed by atoms with Gasteiger partial charge in [-0.2, -0.15) is 0 Å². The van der Waals surface area contributed by atoms with Crippen molar-refractivity contribution >= 4 is 11.8 Å². The molecule has 3 rings (SSSR count). The number of hydrogen-bond donors (Lipinski definition) is 0. The van der Waals surface area contributed by atoms with Gasteiger partial charge < -0.3 is 14.3 Å². The minimum Gasteiger partial charge on any atom is -0.364 e. The second-order valence-corrected chi connectivity index (χ2v) is 5.72. The molecule has 0 aromatic carbocycles. The molecule has 0 unspecified atom stereocenters. The van der Waals surface area contributed by atoms with Crippen LogP contribution in [0.3, 0.4) is 0 Å². The predicted molar refractivity (Wildman–Crippen MR) is 80.7 cm³/mol. The topological polar surface area (TPSA) is 79.5 Å². The van der Waals surface area contributed by atoms with E-state index in [2.05, 4.69) is 10.1 Å². The number of aromatic nitrogens is 2. The van der Waals surface area contributed by atoms with Crippen LogP contribution in [0.25, 0.3) is 0 Å². The summed E-state index contributed by atoms with van der Waals surface area (Å²) in [5.41, 5.74) is 1.65. The van der Waals surface area contributed by atoms with Gasteiger partial charge in [-0.05, 0) is 11.6 Å². The molecule has 1 fully saturated rings. The van der Waals surface area contributed by atoms with E-state index in [4.69, 9.17) is 4.52 Å². The first kappa shape index (κ1) is 15.2. The fraction of sp³-hybridized carbons (Fsp3) is 0.375. The molecule has 1 aliphatic heterocycles. The SMILES string of the molecule is CN(Cc1ccon1)C(=O)[C@@H]1CC(=O)N(Cc2cccnc2)C1. The maximum Gasteiger partial charge on any atom is 0.228 e. The molecule has 120 valence electrons. The lowest BCUT2D eigenvalue weighted by atomic mass is 10.1. The number of carbonyl (C=O) groups is 2. The van der Waals surface area contributed by atoms with Crippen LogP contribution in [-0.4, -0.2) is 45.3 Å². The van der Waals surface area contributed by atoms with Crippen molar-refractivity contribution in [3.63, 3.8) is 0 Å². The summed E-state index contributed by atoms with van der Waals surface area (Å²) < 4.78 is 4.76. The van der Waals surface area contributed by atoms with E-state index in [1.807, 2.05) is 12.1 Å². The van der Waals surface area contributed by atoms with Gasteiger partial charge in [-0.15, -0.1) is 0 Å². The van der Waals surface area contributed by atoms with E-state index in [1.54, 1.807) is 35.3 Å². The zero-order chi connectivity index (χ0) is 16.2. The molecule has 7 heteroatoms. The smallest absolute Gasteiger partial charge is 0.228 e. The highest BCUT2D eigenvalue weighted by atomic mass is 16.5. The van der Waals surface area contributed by atoms with Crippen LogP contribution in [0.1, 0.15) is 17.7 Å². The van der Waals surface area contributed by atoms with Gasteiger partial charge in [-0.3, -0.25) is 14.6 Å². The van der Waals surface area contributed by atoms with Crippen LogP contribution in [0, 0.1) is 5.92 Å². The van der Waals surface area contributed by atoms with Crippen LogP contribution in [-0.2, 0) is 22.7 Å². The summed E-state index contributed by atoms with van der Waals surface area (Å²) in [6.45, 7) is 1.31. The summed E-state index contributed by atoms with van der Waals surface area (Å²) >= 11 is 0. The Labute approximate surface area is 133 Å². The molecule has 0 radical (unpaired) electrons. The molecule has 2 aromatic heterocycles. The molecule has 1 aliphatic rings. The Balaban J connectivity index is 1.59. The summed E-state index contributed by atoms with van der Waals surface area (Å²) in [7, 11) is 1.71. The Bertz CT molecular complexity index is 672. The summed E-state index contributed by atoms with van der Waals surface area (Å²) in [6, 6.07) is 5.48. The van der Waals surface area contributed by atoms with E-state index in [0.29, 0.717) is 25.3 Å². The zero-order valence-corrected chi connectivity index (χ0v) is 12.9. The monoisotopic (exact) mass is 314 g/mol. The zero-order valence-electron chi connectivity index (χ0n) is 12.9. The Morgan fingerprint density at radius 2 is 2.35 bits per heavy atom. The Hall–Kier alpha value is -2.70. The van der Waals surface area contributed by atoms with Gasteiger partial charge in [0.15, 0.2) is 0 Å². The predicted octanol–water partition coefficient (Wildman–Crippen LogP) is 1.08. The molecular weight excluding hydrogens is 296 g/mol. The van der Waals surface area contributed by atoms with E-state index >= 15 is 0 Å². The van der Waals surface area contributed by atoms with E-state index < -0.39 is 0 Å². The van der Waals surface area contributed by atoms with Gasteiger partial charge in [0.25, 0.3) is 0 Å².